The maximum absolute atomic E-state index is 13.1. The zero-order valence-electron chi connectivity index (χ0n) is 14.8. The maximum Gasteiger partial charge on any atom is 0.227 e. The smallest absolute Gasteiger partial charge is 0.227 e. The van der Waals surface area contributed by atoms with Crippen molar-refractivity contribution in [3.63, 3.8) is 0 Å². The molecule has 1 aromatic heterocycles. The second-order valence-electron chi connectivity index (χ2n) is 6.46. The van der Waals surface area contributed by atoms with Gasteiger partial charge in [-0.1, -0.05) is 18.2 Å². The minimum atomic E-state index is -0.308. The molecule has 0 radical (unpaired) electrons. The van der Waals surface area contributed by atoms with Crippen molar-refractivity contribution in [2.45, 2.75) is 18.8 Å². The molecule has 1 unspecified atom stereocenters. The Balaban J connectivity index is 1.62. The Morgan fingerprint density at radius 3 is 2.67 bits per heavy atom. The van der Waals surface area contributed by atoms with Crippen LogP contribution in [0.5, 0.6) is 5.75 Å². The Hall–Kier alpha value is -3.28. The summed E-state index contributed by atoms with van der Waals surface area (Å²) in [6, 6.07) is 13.7. The summed E-state index contributed by atoms with van der Waals surface area (Å²) >= 11 is 0. The Morgan fingerprint density at radius 1 is 1.11 bits per heavy atom. The van der Waals surface area contributed by atoms with E-state index >= 15 is 0 Å². The number of ketones is 1. The standard InChI is InChI=1S/C21H18FN3O2/c1-27-20-5-3-2-4-16(20)13-10-18-17(19(26)11-13)12-23-21(25-18)24-15-8-6-14(22)7-9-15/h2-9,12-13H,10-11H2,1H3,(H,23,24,25). The number of para-hydroxylation sites is 1. The lowest BCUT2D eigenvalue weighted by atomic mass is 9.82. The van der Waals surface area contributed by atoms with Crippen LogP contribution < -0.4 is 10.1 Å². The van der Waals surface area contributed by atoms with E-state index in [0.717, 1.165) is 11.3 Å². The number of fused-ring (bicyclic) bond motifs is 1. The lowest BCUT2D eigenvalue weighted by Gasteiger charge is -2.24. The van der Waals surface area contributed by atoms with Crippen molar-refractivity contribution < 1.29 is 13.9 Å². The number of carbonyl (C=O) groups excluding carboxylic acids is 1. The first-order chi connectivity index (χ1) is 13.1. The largest absolute Gasteiger partial charge is 0.496 e. The summed E-state index contributed by atoms with van der Waals surface area (Å²) < 4.78 is 18.5. The number of rotatable bonds is 4. The van der Waals surface area contributed by atoms with E-state index in [1.807, 2.05) is 24.3 Å². The van der Waals surface area contributed by atoms with Gasteiger partial charge in [-0.3, -0.25) is 4.79 Å². The lowest BCUT2D eigenvalue weighted by molar-refractivity contribution is 0.0962. The first-order valence-electron chi connectivity index (χ1n) is 8.68. The minimum absolute atomic E-state index is 0.00900. The molecule has 0 amide bonds. The van der Waals surface area contributed by atoms with Crippen LogP contribution in [-0.4, -0.2) is 22.9 Å². The summed E-state index contributed by atoms with van der Waals surface area (Å²) in [5.74, 6) is 0.888. The van der Waals surface area contributed by atoms with Crippen LogP contribution in [0, 0.1) is 5.82 Å². The van der Waals surface area contributed by atoms with E-state index in [0.29, 0.717) is 35.7 Å². The molecule has 1 N–H and O–H groups in total. The van der Waals surface area contributed by atoms with Gasteiger partial charge in [0.2, 0.25) is 5.95 Å². The molecular formula is C21H18FN3O2. The number of ether oxygens (including phenoxy) is 1. The molecule has 3 aromatic rings. The minimum Gasteiger partial charge on any atom is -0.496 e. The number of anilines is 2. The third kappa shape index (κ3) is 3.51. The Bertz CT molecular complexity index is 989. The normalized spacial score (nSPS) is 15.9. The van der Waals surface area contributed by atoms with Gasteiger partial charge in [-0.25, -0.2) is 14.4 Å². The number of nitrogens with one attached hydrogen (secondary N) is 1. The van der Waals surface area contributed by atoms with E-state index in [4.69, 9.17) is 4.74 Å². The van der Waals surface area contributed by atoms with Gasteiger partial charge < -0.3 is 10.1 Å². The predicted molar refractivity (Wildman–Crippen MR) is 100 cm³/mol. The summed E-state index contributed by atoms with van der Waals surface area (Å²) in [4.78, 5) is 21.4. The van der Waals surface area contributed by atoms with Gasteiger partial charge in [-0.15, -0.1) is 0 Å². The number of benzene rings is 2. The van der Waals surface area contributed by atoms with Crippen LogP contribution >= 0.6 is 0 Å². The van der Waals surface area contributed by atoms with E-state index in [-0.39, 0.29) is 17.5 Å². The van der Waals surface area contributed by atoms with E-state index in [1.54, 1.807) is 25.4 Å². The second kappa shape index (κ2) is 7.15. The van der Waals surface area contributed by atoms with Gasteiger partial charge in [-0.05, 0) is 42.3 Å². The number of halogens is 1. The quantitative estimate of drug-likeness (QED) is 0.749. The second-order valence-corrected chi connectivity index (χ2v) is 6.46. The first kappa shape index (κ1) is 17.1. The average Bonchev–Trinajstić information content (AvgIpc) is 2.69. The number of aromatic nitrogens is 2. The van der Waals surface area contributed by atoms with Gasteiger partial charge in [0.05, 0.1) is 18.4 Å². The Labute approximate surface area is 156 Å². The highest BCUT2D eigenvalue weighted by molar-refractivity contribution is 5.98. The molecule has 2 aromatic carbocycles. The van der Waals surface area contributed by atoms with Crippen molar-refractivity contribution in [1.29, 1.82) is 0 Å². The molecule has 5 nitrogen and oxygen atoms in total. The molecule has 0 saturated carbocycles. The molecule has 6 heteroatoms. The van der Waals surface area contributed by atoms with Gasteiger partial charge in [-0.2, -0.15) is 0 Å². The Kier molecular flexibility index (Phi) is 4.54. The molecule has 0 fully saturated rings. The summed E-state index contributed by atoms with van der Waals surface area (Å²) in [5, 5.41) is 3.05. The molecule has 27 heavy (non-hydrogen) atoms. The fourth-order valence-corrected chi connectivity index (χ4v) is 3.39. The Morgan fingerprint density at radius 2 is 1.89 bits per heavy atom. The van der Waals surface area contributed by atoms with Crippen molar-refractivity contribution >= 4 is 17.4 Å². The number of hydrogen-bond acceptors (Lipinski definition) is 5. The molecule has 0 aliphatic heterocycles. The molecule has 1 heterocycles. The van der Waals surface area contributed by atoms with Crippen molar-refractivity contribution in [1.82, 2.24) is 9.97 Å². The summed E-state index contributed by atoms with van der Waals surface area (Å²) in [7, 11) is 1.63. The molecule has 0 spiro atoms. The van der Waals surface area contributed by atoms with Crippen LogP contribution in [0.25, 0.3) is 0 Å². The van der Waals surface area contributed by atoms with Gasteiger partial charge >= 0.3 is 0 Å². The van der Waals surface area contributed by atoms with Crippen LogP contribution in [0.3, 0.4) is 0 Å². The molecule has 1 aliphatic carbocycles. The summed E-state index contributed by atoms with van der Waals surface area (Å²) in [6.45, 7) is 0. The number of hydrogen-bond donors (Lipinski definition) is 1. The van der Waals surface area contributed by atoms with Crippen LogP contribution in [0.4, 0.5) is 16.0 Å². The highest BCUT2D eigenvalue weighted by Gasteiger charge is 2.29. The lowest BCUT2D eigenvalue weighted by Crippen LogP contribution is -2.21. The molecule has 1 atom stereocenters. The van der Waals surface area contributed by atoms with Crippen LogP contribution in [0.2, 0.25) is 0 Å². The van der Waals surface area contributed by atoms with E-state index in [1.165, 1.54) is 12.1 Å². The molecule has 136 valence electrons. The molecule has 1 aliphatic rings. The van der Waals surface area contributed by atoms with Gasteiger partial charge in [0.15, 0.2) is 5.78 Å². The van der Waals surface area contributed by atoms with Gasteiger partial charge in [0.25, 0.3) is 0 Å². The highest BCUT2D eigenvalue weighted by atomic mass is 19.1. The van der Waals surface area contributed by atoms with E-state index in [9.17, 15) is 9.18 Å². The topological polar surface area (TPSA) is 64.1 Å². The van der Waals surface area contributed by atoms with Gasteiger partial charge in [0.1, 0.15) is 11.6 Å². The fourth-order valence-electron chi connectivity index (χ4n) is 3.39. The van der Waals surface area contributed by atoms with E-state index in [2.05, 4.69) is 15.3 Å². The van der Waals surface area contributed by atoms with Crippen molar-refractivity contribution in [3.8, 4) is 5.75 Å². The van der Waals surface area contributed by atoms with Gasteiger partial charge in [0, 0.05) is 24.2 Å². The zero-order valence-corrected chi connectivity index (χ0v) is 14.8. The van der Waals surface area contributed by atoms with Crippen molar-refractivity contribution in [2.24, 2.45) is 0 Å². The van der Waals surface area contributed by atoms with E-state index < -0.39 is 0 Å². The molecular weight excluding hydrogens is 345 g/mol. The van der Waals surface area contributed by atoms with Crippen LogP contribution in [0.15, 0.2) is 54.7 Å². The fraction of sp³-hybridized carbons (Fsp3) is 0.190. The van der Waals surface area contributed by atoms with Crippen LogP contribution in [-0.2, 0) is 6.42 Å². The molecule has 0 saturated heterocycles. The first-order valence-corrected chi connectivity index (χ1v) is 8.68. The summed E-state index contributed by atoms with van der Waals surface area (Å²) in [6.07, 6.45) is 2.60. The predicted octanol–water partition coefficient (Wildman–Crippen LogP) is 4.28. The zero-order chi connectivity index (χ0) is 18.8. The number of Topliss-reactive ketones (excluding diaryl/α,β-unsaturated/α-hetero) is 1. The van der Waals surface area contributed by atoms with Crippen molar-refractivity contribution in [3.05, 3.63) is 77.4 Å². The average molecular weight is 363 g/mol. The molecule has 0 bridgehead atoms. The monoisotopic (exact) mass is 363 g/mol. The third-order valence-corrected chi connectivity index (χ3v) is 4.72. The third-order valence-electron chi connectivity index (χ3n) is 4.72. The number of nitrogens with zero attached hydrogens (tertiary/aromatic N) is 2. The maximum atomic E-state index is 13.1. The van der Waals surface area contributed by atoms with Crippen molar-refractivity contribution in [2.75, 3.05) is 12.4 Å². The number of carbonyl (C=O) groups is 1. The highest BCUT2D eigenvalue weighted by Crippen LogP contribution is 2.36. The summed E-state index contributed by atoms with van der Waals surface area (Å²) in [5.41, 5.74) is 2.96. The molecule has 4 rings (SSSR count). The SMILES string of the molecule is COc1ccccc1C1CC(=O)c2cnc(Nc3ccc(F)cc3)nc2C1. The number of methoxy groups -OCH3 is 1. The van der Waals surface area contributed by atoms with Crippen LogP contribution in [0.1, 0.15) is 34.0 Å².